The molecule has 0 unspecified atom stereocenters. The van der Waals surface area contributed by atoms with Crippen molar-refractivity contribution in [3.05, 3.63) is 47.5 Å². The van der Waals surface area contributed by atoms with E-state index in [1.165, 1.54) is 18.5 Å². The van der Waals surface area contributed by atoms with E-state index in [0.717, 1.165) is 11.8 Å². The van der Waals surface area contributed by atoms with Gasteiger partial charge < -0.3 is 4.74 Å². The Hall–Kier alpha value is -2.31. The summed E-state index contributed by atoms with van der Waals surface area (Å²) in [6, 6.07) is 1.99. The van der Waals surface area contributed by atoms with Crippen LogP contribution in [0, 0.1) is 17.5 Å². The molecule has 0 bridgehead atoms. The summed E-state index contributed by atoms with van der Waals surface area (Å²) >= 11 is 0. The lowest BCUT2D eigenvalue weighted by molar-refractivity contribution is 0.0593. The normalized spacial score (nSPS) is 10.4. The number of halogens is 3. The third-order valence-corrected chi connectivity index (χ3v) is 2.27. The molecule has 18 heavy (non-hydrogen) atoms. The molecule has 2 aromatic rings. The molecule has 1 aromatic heterocycles. The zero-order chi connectivity index (χ0) is 13.3. The average molecular weight is 256 g/mol. The fourth-order valence-corrected chi connectivity index (χ4v) is 1.46. The van der Waals surface area contributed by atoms with E-state index in [4.69, 9.17) is 0 Å². The van der Waals surface area contributed by atoms with Gasteiger partial charge in [0.1, 0.15) is 11.3 Å². The van der Waals surface area contributed by atoms with Gasteiger partial charge in [-0.25, -0.2) is 22.6 Å². The molecular weight excluding hydrogens is 249 g/mol. The molecule has 0 aliphatic rings. The number of carbonyl (C=O) groups excluding carboxylic acids is 1. The lowest BCUT2D eigenvalue weighted by atomic mass is 10.1. The van der Waals surface area contributed by atoms with Crippen LogP contribution in [0.5, 0.6) is 0 Å². The quantitative estimate of drug-likeness (QED) is 0.610. The summed E-state index contributed by atoms with van der Waals surface area (Å²) in [5.74, 6) is -5.25. The molecule has 0 amide bonds. The smallest absolute Gasteiger partial charge is 0.341 e. The molecule has 1 aromatic carbocycles. The summed E-state index contributed by atoms with van der Waals surface area (Å²) in [7, 11) is 0.985. The number of benzene rings is 1. The van der Waals surface area contributed by atoms with Gasteiger partial charge in [-0.2, -0.15) is 5.10 Å². The SMILES string of the molecule is COC(=O)c1cc(F)c(-n2cccn2)c(F)c1F. The molecular formula is C11H7F3N2O2. The predicted molar refractivity (Wildman–Crippen MR) is 54.8 cm³/mol. The first kappa shape index (κ1) is 12.2. The maximum absolute atomic E-state index is 13.7. The fourth-order valence-electron chi connectivity index (χ4n) is 1.46. The Morgan fingerprint density at radius 2 is 2.06 bits per heavy atom. The van der Waals surface area contributed by atoms with Gasteiger partial charge in [-0.05, 0) is 12.1 Å². The summed E-state index contributed by atoms with van der Waals surface area (Å²) in [4.78, 5) is 11.1. The molecule has 0 aliphatic heterocycles. The second-order valence-electron chi connectivity index (χ2n) is 3.32. The third-order valence-electron chi connectivity index (χ3n) is 2.27. The number of carbonyl (C=O) groups is 1. The average Bonchev–Trinajstić information content (AvgIpc) is 2.86. The molecule has 0 saturated heterocycles. The van der Waals surface area contributed by atoms with Crippen molar-refractivity contribution < 1.29 is 22.7 Å². The van der Waals surface area contributed by atoms with Gasteiger partial charge in [-0.3, -0.25) is 0 Å². The third kappa shape index (κ3) is 1.83. The van der Waals surface area contributed by atoms with Crippen LogP contribution in [0.3, 0.4) is 0 Å². The Labute approximate surface area is 99.6 Å². The topological polar surface area (TPSA) is 44.1 Å². The van der Waals surface area contributed by atoms with Crippen LogP contribution in [-0.4, -0.2) is 22.9 Å². The van der Waals surface area contributed by atoms with E-state index in [1.807, 2.05) is 0 Å². The number of esters is 1. The molecule has 0 N–H and O–H groups in total. The van der Waals surface area contributed by atoms with Gasteiger partial charge in [0.25, 0.3) is 0 Å². The Bertz CT molecular complexity index is 597. The van der Waals surface area contributed by atoms with E-state index in [2.05, 4.69) is 9.84 Å². The van der Waals surface area contributed by atoms with Crippen LogP contribution in [0.2, 0.25) is 0 Å². The number of hydrogen-bond donors (Lipinski definition) is 0. The van der Waals surface area contributed by atoms with E-state index >= 15 is 0 Å². The lowest BCUT2D eigenvalue weighted by Crippen LogP contribution is -2.11. The van der Waals surface area contributed by atoms with Crippen molar-refractivity contribution in [2.45, 2.75) is 0 Å². The Morgan fingerprint density at radius 3 is 2.61 bits per heavy atom. The summed E-state index contributed by atoms with van der Waals surface area (Å²) in [5.41, 5.74) is -1.49. The minimum atomic E-state index is -1.50. The van der Waals surface area contributed by atoms with Gasteiger partial charge in [0.05, 0.1) is 7.11 Å². The molecule has 0 saturated carbocycles. The summed E-state index contributed by atoms with van der Waals surface area (Å²) < 4.78 is 46.0. The maximum atomic E-state index is 13.7. The fraction of sp³-hybridized carbons (Fsp3) is 0.0909. The summed E-state index contributed by atoms with van der Waals surface area (Å²) in [5, 5.41) is 3.60. The van der Waals surface area contributed by atoms with Crippen molar-refractivity contribution in [2.75, 3.05) is 7.11 Å². The van der Waals surface area contributed by atoms with E-state index in [9.17, 15) is 18.0 Å². The van der Waals surface area contributed by atoms with Crippen molar-refractivity contribution in [1.82, 2.24) is 9.78 Å². The van der Waals surface area contributed by atoms with Crippen molar-refractivity contribution in [3.8, 4) is 5.69 Å². The Kier molecular flexibility index (Phi) is 3.05. The highest BCUT2D eigenvalue weighted by Gasteiger charge is 2.24. The Balaban J connectivity index is 2.66. The first-order valence-electron chi connectivity index (χ1n) is 4.82. The standard InChI is InChI=1S/C11H7F3N2O2/c1-18-11(17)6-5-7(12)10(9(14)8(6)13)16-4-2-3-15-16/h2-5H,1H3. The maximum Gasteiger partial charge on any atom is 0.341 e. The van der Waals surface area contributed by atoms with Crippen LogP contribution in [0.1, 0.15) is 10.4 Å². The highest BCUT2D eigenvalue weighted by atomic mass is 19.2. The second kappa shape index (κ2) is 4.52. The Morgan fingerprint density at radius 1 is 1.33 bits per heavy atom. The molecule has 94 valence electrons. The van der Waals surface area contributed by atoms with Crippen molar-refractivity contribution >= 4 is 5.97 Å². The first-order valence-corrected chi connectivity index (χ1v) is 4.82. The number of aromatic nitrogens is 2. The largest absolute Gasteiger partial charge is 0.465 e. The van der Waals surface area contributed by atoms with Gasteiger partial charge in [0, 0.05) is 12.4 Å². The van der Waals surface area contributed by atoms with Crippen LogP contribution < -0.4 is 0 Å². The summed E-state index contributed by atoms with van der Waals surface area (Å²) in [6.07, 6.45) is 2.53. The van der Waals surface area contributed by atoms with Gasteiger partial charge in [0.2, 0.25) is 0 Å². The van der Waals surface area contributed by atoms with Crippen molar-refractivity contribution in [3.63, 3.8) is 0 Å². The molecule has 7 heteroatoms. The van der Waals surface area contributed by atoms with E-state index < -0.39 is 34.7 Å². The second-order valence-corrected chi connectivity index (χ2v) is 3.32. The number of hydrogen-bond acceptors (Lipinski definition) is 3. The van der Waals surface area contributed by atoms with Gasteiger partial charge in [-0.1, -0.05) is 0 Å². The van der Waals surface area contributed by atoms with E-state index in [1.54, 1.807) is 0 Å². The molecule has 2 rings (SSSR count). The van der Waals surface area contributed by atoms with Gasteiger partial charge >= 0.3 is 5.97 Å². The van der Waals surface area contributed by atoms with Gasteiger partial charge in [0.15, 0.2) is 17.5 Å². The lowest BCUT2D eigenvalue weighted by Gasteiger charge is -2.08. The highest BCUT2D eigenvalue weighted by Crippen LogP contribution is 2.23. The molecule has 0 atom stereocenters. The molecule has 0 radical (unpaired) electrons. The monoisotopic (exact) mass is 256 g/mol. The summed E-state index contributed by atoms with van der Waals surface area (Å²) in [6.45, 7) is 0. The zero-order valence-corrected chi connectivity index (χ0v) is 9.15. The van der Waals surface area contributed by atoms with Crippen molar-refractivity contribution in [1.29, 1.82) is 0 Å². The van der Waals surface area contributed by atoms with E-state index in [0.29, 0.717) is 6.07 Å². The van der Waals surface area contributed by atoms with E-state index in [-0.39, 0.29) is 0 Å². The predicted octanol–water partition coefficient (Wildman–Crippen LogP) is 2.08. The molecule has 0 spiro atoms. The first-order chi connectivity index (χ1) is 8.56. The van der Waals surface area contributed by atoms with Crippen LogP contribution in [0.15, 0.2) is 24.5 Å². The number of nitrogens with zero attached hydrogens (tertiary/aromatic N) is 2. The molecule has 0 fully saturated rings. The number of ether oxygens (including phenoxy) is 1. The zero-order valence-electron chi connectivity index (χ0n) is 9.15. The number of rotatable bonds is 2. The molecule has 1 heterocycles. The highest BCUT2D eigenvalue weighted by molar-refractivity contribution is 5.90. The minimum absolute atomic E-state index is 0.571. The van der Waals surface area contributed by atoms with Gasteiger partial charge in [-0.15, -0.1) is 0 Å². The van der Waals surface area contributed by atoms with Crippen LogP contribution in [0.4, 0.5) is 13.2 Å². The van der Waals surface area contributed by atoms with Crippen LogP contribution in [-0.2, 0) is 4.74 Å². The molecule has 0 aliphatic carbocycles. The number of methoxy groups -OCH3 is 1. The van der Waals surface area contributed by atoms with Crippen LogP contribution >= 0.6 is 0 Å². The minimum Gasteiger partial charge on any atom is -0.465 e. The van der Waals surface area contributed by atoms with Crippen molar-refractivity contribution in [2.24, 2.45) is 0 Å². The van der Waals surface area contributed by atoms with Crippen LogP contribution in [0.25, 0.3) is 5.69 Å². The molecule has 4 nitrogen and oxygen atoms in total.